The predicted octanol–water partition coefficient (Wildman–Crippen LogP) is 5.57. The van der Waals surface area contributed by atoms with E-state index in [4.69, 9.17) is 34.8 Å². The lowest BCUT2D eigenvalue weighted by molar-refractivity contribution is 0.593. The van der Waals surface area contributed by atoms with Crippen LogP contribution in [0.1, 0.15) is 31.1 Å². The van der Waals surface area contributed by atoms with Crippen molar-refractivity contribution in [3.05, 3.63) is 28.0 Å². The van der Waals surface area contributed by atoms with Crippen molar-refractivity contribution in [1.82, 2.24) is 9.55 Å². The van der Waals surface area contributed by atoms with Gasteiger partial charge in [0.15, 0.2) is 0 Å². The van der Waals surface area contributed by atoms with Gasteiger partial charge < -0.3 is 4.57 Å². The molecule has 0 aliphatic heterocycles. The van der Waals surface area contributed by atoms with Gasteiger partial charge in [0.25, 0.3) is 0 Å². The van der Waals surface area contributed by atoms with E-state index in [1.165, 1.54) is 0 Å². The molecule has 2 aromatic rings. The number of fused-ring (bicyclic) bond motifs is 1. The summed E-state index contributed by atoms with van der Waals surface area (Å²) < 4.78 is 2.16. The third kappa shape index (κ3) is 2.99. The van der Waals surface area contributed by atoms with Crippen LogP contribution >= 0.6 is 46.6 Å². The second kappa shape index (κ2) is 6.13. The highest BCUT2D eigenvalue weighted by Gasteiger charge is 2.19. The fourth-order valence-corrected chi connectivity index (χ4v) is 3.27. The molecule has 0 radical (unpaired) electrons. The number of aromatic nitrogens is 2. The zero-order valence-corrected chi connectivity index (χ0v) is 14.0. The molecule has 0 spiro atoms. The smallest absolute Gasteiger partial charge is 0.127 e. The van der Waals surface area contributed by atoms with Crippen LogP contribution in [0.25, 0.3) is 11.0 Å². The third-order valence-electron chi connectivity index (χ3n) is 2.96. The summed E-state index contributed by atoms with van der Waals surface area (Å²) >= 11 is 20.2. The molecule has 0 fully saturated rings. The molecule has 2 unspecified atom stereocenters. The van der Waals surface area contributed by atoms with E-state index >= 15 is 0 Å². The van der Waals surface area contributed by atoms with Crippen LogP contribution in [-0.2, 0) is 0 Å². The molecule has 19 heavy (non-hydrogen) atoms. The van der Waals surface area contributed by atoms with E-state index in [0.29, 0.717) is 16.1 Å². The molecule has 1 heterocycles. The van der Waals surface area contributed by atoms with Crippen LogP contribution in [0.2, 0.25) is 10.0 Å². The highest BCUT2D eigenvalue weighted by molar-refractivity contribution is 7.98. The largest absolute Gasteiger partial charge is 0.323 e. The standard InChI is InChI=1S/C13H15Cl3N2S/c1-7(6-19-3)18-12-5-10(16)9(15)4-11(12)17-13(18)8(2)14/h4-5,7-8H,6H2,1-3H3. The molecule has 104 valence electrons. The van der Waals surface area contributed by atoms with E-state index in [1.54, 1.807) is 17.8 Å². The minimum atomic E-state index is -0.158. The third-order valence-corrected chi connectivity index (χ3v) is 4.70. The van der Waals surface area contributed by atoms with Crippen molar-refractivity contribution >= 4 is 57.6 Å². The van der Waals surface area contributed by atoms with Gasteiger partial charge in [0.1, 0.15) is 5.82 Å². The molecule has 0 saturated carbocycles. The lowest BCUT2D eigenvalue weighted by Crippen LogP contribution is -2.12. The molecule has 1 aromatic heterocycles. The first-order valence-electron chi connectivity index (χ1n) is 5.95. The quantitative estimate of drug-likeness (QED) is 0.679. The monoisotopic (exact) mass is 336 g/mol. The van der Waals surface area contributed by atoms with Gasteiger partial charge in [-0.3, -0.25) is 0 Å². The summed E-state index contributed by atoms with van der Waals surface area (Å²) in [6, 6.07) is 3.96. The summed E-state index contributed by atoms with van der Waals surface area (Å²) in [6.45, 7) is 4.08. The van der Waals surface area contributed by atoms with Crippen LogP contribution in [0.5, 0.6) is 0 Å². The molecule has 0 bridgehead atoms. The molecule has 0 aliphatic rings. The molecule has 0 amide bonds. The number of nitrogens with zero attached hydrogens (tertiary/aromatic N) is 2. The average Bonchev–Trinajstić information content (AvgIpc) is 2.69. The number of alkyl halides is 1. The van der Waals surface area contributed by atoms with Crippen molar-refractivity contribution in [3.63, 3.8) is 0 Å². The average molecular weight is 338 g/mol. The molecule has 1 aromatic carbocycles. The maximum Gasteiger partial charge on any atom is 0.127 e. The topological polar surface area (TPSA) is 17.8 Å². The van der Waals surface area contributed by atoms with Crippen LogP contribution in [0.15, 0.2) is 12.1 Å². The van der Waals surface area contributed by atoms with E-state index < -0.39 is 0 Å². The summed E-state index contributed by atoms with van der Waals surface area (Å²) in [5.74, 6) is 1.85. The van der Waals surface area contributed by atoms with Gasteiger partial charge in [-0.25, -0.2) is 4.98 Å². The van der Waals surface area contributed by atoms with Gasteiger partial charge in [-0.05, 0) is 32.2 Å². The Morgan fingerprint density at radius 3 is 2.47 bits per heavy atom. The van der Waals surface area contributed by atoms with Crippen molar-refractivity contribution in [3.8, 4) is 0 Å². The molecular formula is C13H15Cl3N2S. The molecule has 2 atom stereocenters. The Morgan fingerprint density at radius 2 is 1.89 bits per heavy atom. The Hall–Kier alpha value is -0.0900. The molecule has 0 saturated heterocycles. The Bertz CT molecular complexity index is 595. The van der Waals surface area contributed by atoms with E-state index in [1.807, 2.05) is 13.0 Å². The van der Waals surface area contributed by atoms with E-state index in [-0.39, 0.29) is 5.38 Å². The fourth-order valence-electron chi connectivity index (χ4n) is 2.17. The summed E-state index contributed by atoms with van der Waals surface area (Å²) in [7, 11) is 0. The summed E-state index contributed by atoms with van der Waals surface area (Å²) in [4.78, 5) is 4.60. The zero-order valence-electron chi connectivity index (χ0n) is 11.0. The second-order valence-electron chi connectivity index (χ2n) is 4.52. The maximum absolute atomic E-state index is 6.25. The summed E-state index contributed by atoms with van der Waals surface area (Å²) in [5, 5.41) is 0.903. The number of hydrogen-bond acceptors (Lipinski definition) is 2. The van der Waals surface area contributed by atoms with Gasteiger partial charge >= 0.3 is 0 Å². The summed E-state index contributed by atoms with van der Waals surface area (Å²) in [6.07, 6.45) is 2.09. The highest BCUT2D eigenvalue weighted by atomic mass is 35.5. The van der Waals surface area contributed by atoms with Crippen LogP contribution in [0, 0.1) is 0 Å². The number of hydrogen-bond donors (Lipinski definition) is 0. The first-order valence-corrected chi connectivity index (χ1v) is 8.54. The fraction of sp³-hybridized carbons (Fsp3) is 0.462. The number of rotatable bonds is 4. The van der Waals surface area contributed by atoms with Gasteiger partial charge in [0, 0.05) is 11.8 Å². The van der Waals surface area contributed by atoms with Crippen LogP contribution in [0.4, 0.5) is 0 Å². The molecule has 6 heteroatoms. The molecule has 2 nitrogen and oxygen atoms in total. The lowest BCUT2D eigenvalue weighted by Gasteiger charge is -2.17. The number of imidazole rings is 1. The summed E-state index contributed by atoms with van der Waals surface area (Å²) in [5.41, 5.74) is 1.82. The Balaban J connectivity index is 2.69. The van der Waals surface area contributed by atoms with Gasteiger partial charge in [-0.15, -0.1) is 11.6 Å². The van der Waals surface area contributed by atoms with Crippen LogP contribution < -0.4 is 0 Å². The van der Waals surface area contributed by atoms with Crippen molar-refractivity contribution in [2.45, 2.75) is 25.3 Å². The second-order valence-corrected chi connectivity index (χ2v) is 6.90. The zero-order chi connectivity index (χ0) is 14.2. The Morgan fingerprint density at radius 1 is 1.26 bits per heavy atom. The van der Waals surface area contributed by atoms with Gasteiger partial charge in [0.05, 0.1) is 26.5 Å². The first kappa shape index (κ1) is 15.3. The van der Waals surface area contributed by atoms with Crippen LogP contribution in [-0.4, -0.2) is 21.6 Å². The van der Waals surface area contributed by atoms with Crippen molar-refractivity contribution in [2.24, 2.45) is 0 Å². The number of thioether (sulfide) groups is 1. The molecule has 0 N–H and O–H groups in total. The van der Waals surface area contributed by atoms with Crippen molar-refractivity contribution in [2.75, 3.05) is 12.0 Å². The normalized spacial score (nSPS) is 14.8. The van der Waals surface area contributed by atoms with Gasteiger partial charge in [0.2, 0.25) is 0 Å². The van der Waals surface area contributed by atoms with Crippen molar-refractivity contribution in [1.29, 1.82) is 0 Å². The molecule has 2 rings (SSSR count). The Labute approximate surface area is 132 Å². The molecule has 0 aliphatic carbocycles. The van der Waals surface area contributed by atoms with Gasteiger partial charge in [-0.1, -0.05) is 23.2 Å². The Kier molecular flexibility index (Phi) is 4.93. The molecular weight excluding hydrogens is 323 g/mol. The lowest BCUT2D eigenvalue weighted by atomic mass is 10.3. The van der Waals surface area contributed by atoms with E-state index in [2.05, 4.69) is 22.7 Å². The van der Waals surface area contributed by atoms with Crippen LogP contribution in [0.3, 0.4) is 0 Å². The van der Waals surface area contributed by atoms with E-state index in [0.717, 1.165) is 22.6 Å². The predicted molar refractivity (Wildman–Crippen MR) is 87.1 cm³/mol. The minimum Gasteiger partial charge on any atom is -0.323 e. The minimum absolute atomic E-state index is 0.158. The maximum atomic E-state index is 6.25. The first-order chi connectivity index (χ1) is 8.95. The SMILES string of the molecule is CSCC(C)n1c(C(C)Cl)nc2cc(Cl)c(Cl)cc21. The number of benzene rings is 1. The van der Waals surface area contributed by atoms with E-state index in [9.17, 15) is 0 Å². The number of halogens is 3. The van der Waals surface area contributed by atoms with Gasteiger partial charge in [-0.2, -0.15) is 11.8 Å². The highest BCUT2D eigenvalue weighted by Crippen LogP contribution is 2.33. The van der Waals surface area contributed by atoms with Crippen molar-refractivity contribution < 1.29 is 0 Å².